The Hall–Kier alpha value is -1.10. The first kappa shape index (κ1) is 12.4. The molecule has 17 heavy (non-hydrogen) atoms. The van der Waals surface area contributed by atoms with Crippen molar-refractivity contribution in [2.45, 2.75) is 45.1 Å². The van der Waals surface area contributed by atoms with Gasteiger partial charge in [0.15, 0.2) is 10.8 Å². The minimum Gasteiger partial charge on any atom is -0.461 e. The standard InChI is InChI=1S/C12H18N2O2S/c1-3-16-10(15)9-8-17-11(13-9)14-12(2)6-4-5-7-12/h8H,3-7H2,1-2H3,(H,13,14). The molecule has 94 valence electrons. The summed E-state index contributed by atoms with van der Waals surface area (Å²) < 4.78 is 4.91. The number of nitrogens with one attached hydrogen (secondary N) is 1. The minimum absolute atomic E-state index is 0.143. The first-order valence-electron chi connectivity index (χ1n) is 6.04. The van der Waals surface area contributed by atoms with Crippen LogP contribution in [0, 0.1) is 0 Å². The van der Waals surface area contributed by atoms with Crippen molar-refractivity contribution < 1.29 is 9.53 Å². The molecule has 1 aliphatic rings. The maximum atomic E-state index is 11.5. The van der Waals surface area contributed by atoms with Gasteiger partial charge in [0.25, 0.3) is 0 Å². The van der Waals surface area contributed by atoms with Gasteiger partial charge in [-0.05, 0) is 26.7 Å². The minimum atomic E-state index is -0.339. The van der Waals surface area contributed by atoms with E-state index in [0.29, 0.717) is 12.3 Å². The Morgan fingerprint density at radius 2 is 2.29 bits per heavy atom. The molecule has 1 saturated carbocycles. The van der Waals surface area contributed by atoms with Crippen molar-refractivity contribution in [3.63, 3.8) is 0 Å². The first-order valence-corrected chi connectivity index (χ1v) is 6.92. The van der Waals surface area contributed by atoms with E-state index in [1.165, 1.54) is 37.0 Å². The number of aromatic nitrogens is 1. The molecule has 0 bridgehead atoms. The summed E-state index contributed by atoms with van der Waals surface area (Å²) in [6, 6.07) is 0. The highest BCUT2D eigenvalue weighted by atomic mass is 32.1. The Bertz CT molecular complexity index is 397. The fourth-order valence-corrected chi connectivity index (χ4v) is 3.00. The predicted octanol–water partition coefficient (Wildman–Crippen LogP) is 3.06. The van der Waals surface area contributed by atoms with Crippen LogP contribution >= 0.6 is 11.3 Å². The lowest BCUT2D eigenvalue weighted by molar-refractivity contribution is 0.0520. The van der Waals surface area contributed by atoms with Gasteiger partial charge in [-0.1, -0.05) is 12.8 Å². The summed E-state index contributed by atoms with van der Waals surface area (Å²) in [5.41, 5.74) is 0.546. The van der Waals surface area contributed by atoms with Gasteiger partial charge in [0, 0.05) is 10.9 Å². The maximum absolute atomic E-state index is 11.5. The highest BCUT2D eigenvalue weighted by Crippen LogP contribution is 2.33. The van der Waals surface area contributed by atoms with E-state index in [4.69, 9.17) is 4.74 Å². The molecular formula is C12H18N2O2S. The molecule has 0 unspecified atom stereocenters. The molecule has 0 aromatic carbocycles. The number of thiazole rings is 1. The van der Waals surface area contributed by atoms with E-state index in [0.717, 1.165) is 5.13 Å². The lowest BCUT2D eigenvalue weighted by Crippen LogP contribution is -2.30. The van der Waals surface area contributed by atoms with Crippen LogP contribution in [0.2, 0.25) is 0 Å². The Kier molecular flexibility index (Phi) is 3.66. The summed E-state index contributed by atoms with van der Waals surface area (Å²) in [5.74, 6) is -0.339. The van der Waals surface area contributed by atoms with Gasteiger partial charge in [-0.25, -0.2) is 9.78 Å². The van der Waals surface area contributed by atoms with Gasteiger partial charge in [-0.2, -0.15) is 0 Å². The zero-order valence-corrected chi connectivity index (χ0v) is 11.1. The smallest absolute Gasteiger partial charge is 0.357 e. The molecule has 0 saturated heterocycles. The van der Waals surface area contributed by atoms with Gasteiger partial charge in [0.2, 0.25) is 0 Å². The third-order valence-corrected chi connectivity index (χ3v) is 3.86. The summed E-state index contributed by atoms with van der Waals surface area (Å²) in [7, 11) is 0. The first-order chi connectivity index (χ1) is 8.13. The van der Waals surface area contributed by atoms with Crippen LogP contribution in [0.3, 0.4) is 0 Å². The molecule has 0 amide bonds. The number of carbonyl (C=O) groups excluding carboxylic acids is 1. The Morgan fingerprint density at radius 3 is 2.94 bits per heavy atom. The molecule has 1 fully saturated rings. The van der Waals surface area contributed by atoms with E-state index in [1.807, 2.05) is 0 Å². The van der Waals surface area contributed by atoms with Crippen LogP contribution < -0.4 is 5.32 Å². The molecule has 2 rings (SSSR count). The van der Waals surface area contributed by atoms with Crippen LogP contribution in [-0.2, 0) is 4.74 Å². The molecule has 0 atom stereocenters. The van der Waals surface area contributed by atoms with Crippen molar-refractivity contribution in [2.75, 3.05) is 11.9 Å². The number of carbonyl (C=O) groups is 1. The SMILES string of the molecule is CCOC(=O)c1csc(NC2(C)CCCC2)n1. The third kappa shape index (κ3) is 2.97. The number of nitrogens with zero attached hydrogens (tertiary/aromatic N) is 1. The molecule has 4 nitrogen and oxygen atoms in total. The molecule has 0 spiro atoms. The average Bonchev–Trinajstić information content (AvgIpc) is 2.89. The molecule has 1 heterocycles. The van der Waals surface area contributed by atoms with Crippen molar-refractivity contribution in [1.82, 2.24) is 4.98 Å². The van der Waals surface area contributed by atoms with Crippen LogP contribution in [0.1, 0.15) is 50.0 Å². The van der Waals surface area contributed by atoms with Crippen molar-refractivity contribution in [1.29, 1.82) is 0 Å². The monoisotopic (exact) mass is 254 g/mol. The van der Waals surface area contributed by atoms with Crippen LogP contribution in [-0.4, -0.2) is 23.1 Å². The summed E-state index contributed by atoms with van der Waals surface area (Å²) >= 11 is 1.47. The van der Waals surface area contributed by atoms with Gasteiger partial charge in [-0.3, -0.25) is 0 Å². The zero-order chi connectivity index (χ0) is 12.3. The number of esters is 1. The van der Waals surface area contributed by atoms with E-state index in [9.17, 15) is 4.79 Å². The van der Waals surface area contributed by atoms with Crippen LogP contribution in [0.25, 0.3) is 0 Å². The van der Waals surface area contributed by atoms with Gasteiger partial charge in [0.05, 0.1) is 6.61 Å². The fourth-order valence-electron chi connectivity index (χ4n) is 2.17. The highest BCUT2D eigenvalue weighted by Gasteiger charge is 2.29. The summed E-state index contributed by atoms with van der Waals surface area (Å²) in [6.07, 6.45) is 4.86. The van der Waals surface area contributed by atoms with E-state index in [1.54, 1.807) is 12.3 Å². The van der Waals surface area contributed by atoms with Gasteiger partial charge in [-0.15, -0.1) is 11.3 Å². The van der Waals surface area contributed by atoms with Crippen molar-refractivity contribution in [3.8, 4) is 0 Å². The number of hydrogen-bond donors (Lipinski definition) is 1. The highest BCUT2D eigenvalue weighted by molar-refractivity contribution is 7.13. The maximum Gasteiger partial charge on any atom is 0.357 e. The molecule has 1 aliphatic carbocycles. The summed E-state index contributed by atoms with van der Waals surface area (Å²) in [4.78, 5) is 15.7. The fraction of sp³-hybridized carbons (Fsp3) is 0.667. The number of anilines is 1. The molecular weight excluding hydrogens is 236 g/mol. The molecule has 0 aliphatic heterocycles. The van der Waals surface area contributed by atoms with Crippen LogP contribution in [0.15, 0.2) is 5.38 Å². The molecule has 5 heteroatoms. The second-order valence-corrected chi connectivity index (χ2v) is 5.51. The average molecular weight is 254 g/mol. The second-order valence-electron chi connectivity index (χ2n) is 4.65. The zero-order valence-electron chi connectivity index (χ0n) is 10.3. The molecule has 1 aromatic heterocycles. The van der Waals surface area contributed by atoms with Crippen molar-refractivity contribution >= 4 is 22.4 Å². The summed E-state index contributed by atoms with van der Waals surface area (Å²) in [5, 5.41) is 6.00. The largest absolute Gasteiger partial charge is 0.461 e. The number of hydrogen-bond acceptors (Lipinski definition) is 5. The van der Waals surface area contributed by atoms with E-state index in [2.05, 4.69) is 17.2 Å². The second kappa shape index (κ2) is 5.04. The van der Waals surface area contributed by atoms with Crippen LogP contribution in [0.4, 0.5) is 5.13 Å². The summed E-state index contributed by atoms with van der Waals surface area (Å²) in [6.45, 7) is 4.39. The predicted molar refractivity (Wildman–Crippen MR) is 68.6 cm³/mol. The third-order valence-electron chi connectivity index (χ3n) is 3.10. The molecule has 0 radical (unpaired) electrons. The van der Waals surface area contributed by atoms with E-state index < -0.39 is 0 Å². The van der Waals surface area contributed by atoms with E-state index in [-0.39, 0.29) is 11.5 Å². The number of rotatable bonds is 4. The topological polar surface area (TPSA) is 51.2 Å². The number of ether oxygens (including phenoxy) is 1. The Morgan fingerprint density at radius 1 is 1.59 bits per heavy atom. The molecule has 1 N–H and O–H groups in total. The lowest BCUT2D eigenvalue weighted by Gasteiger charge is -2.24. The van der Waals surface area contributed by atoms with Gasteiger partial charge >= 0.3 is 5.97 Å². The van der Waals surface area contributed by atoms with Crippen LogP contribution in [0.5, 0.6) is 0 Å². The van der Waals surface area contributed by atoms with Gasteiger partial charge in [0.1, 0.15) is 0 Å². The lowest BCUT2D eigenvalue weighted by atomic mass is 10.0. The van der Waals surface area contributed by atoms with E-state index >= 15 is 0 Å². The Labute approximate surface area is 105 Å². The van der Waals surface area contributed by atoms with Crippen molar-refractivity contribution in [2.24, 2.45) is 0 Å². The Balaban J connectivity index is 2.00. The van der Waals surface area contributed by atoms with Crippen molar-refractivity contribution in [3.05, 3.63) is 11.1 Å². The normalized spacial score (nSPS) is 18.0. The molecule has 1 aromatic rings. The van der Waals surface area contributed by atoms with Gasteiger partial charge < -0.3 is 10.1 Å². The quantitative estimate of drug-likeness (QED) is 0.839.